The summed E-state index contributed by atoms with van der Waals surface area (Å²) >= 11 is 0. The Morgan fingerprint density at radius 2 is 1.59 bits per heavy atom. The van der Waals surface area contributed by atoms with E-state index in [-0.39, 0.29) is 15.9 Å². The number of ether oxygens (including phenoxy) is 1. The van der Waals surface area contributed by atoms with Gasteiger partial charge in [0.15, 0.2) is 0 Å². The van der Waals surface area contributed by atoms with Crippen LogP contribution in [0.1, 0.15) is 41.5 Å². The molecule has 0 saturated heterocycles. The van der Waals surface area contributed by atoms with Crippen molar-refractivity contribution in [2.45, 2.75) is 52.0 Å². The van der Waals surface area contributed by atoms with E-state index in [0.29, 0.717) is 5.76 Å². The van der Waals surface area contributed by atoms with E-state index in [4.69, 9.17) is 4.74 Å². The van der Waals surface area contributed by atoms with E-state index in [2.05, 4.69) is 11.2 Å². The second-order valence-electron chi connectivity index (χ2n) is 7.04. The van der Waals surface area contributed by atoms with Crippen molar-refractivity contribution < 1.29 is 13.2 Å². The Balaban J connectivity index is 3.12. The lowest BCUT2D eigenvalue weighted by Gasteiger charge is -2.30. The maximum Gasteiger partial charge on any atom is 0.245 e. The number of allylic oxidation sites excluding steroid dienone is 2. The molecule has 4 heteroatoms. The van der Waals surface area contributed by atoms with Crippen molar-refractivity contribution in [3.05, 3.63) is 42.2 Å². The van der Waals surface area contributed by atoms with Crippen molar-refractivity contribution in [3.8, 4) is 11.2 Å². The second kappa shape index (κ2) is 6.58. The molecule has 0 unspecified atom stereocenters. The molecule has 0 bridgehead atoms. The molecule has 0 spiro atoms. The molecule has 0 saturated carbocycles. The van der Waals surface area contributed by atoms with Crippen LogP contribution in [0.5, 0.6) is 0 Å². The van der Waals surface area contributed by atoms with Crippen molar-refractivity contribution in [1.29, 1.82) is 0 Å². The predicted octanol–water partition coefficient (Wildman–Crippen LogP) is 4.17. The van der Waals surface area contributed by atoms with Crippen LogP contribution in [0.3, 0.4) is 0 Å². The summed E-state index contributed by atoms with van der Waals surface area (Å²) in [7, 11) is -3.61. The lowest BCUT2D eigenvalue weighted by Crippen LogP contribution is -2.24. The number of rotatable bonds is 2. The van der Waals surface area contributed by atoms with Crippen LogP contribution >= 0.6 is 0 Å². The van der Waals surface area contributed by atoms with Gasteiger partial charge in [0.2, 0.25) is 9.84 Å². The molecule has 0 aliphatic rings. The molecular formula is C18H24O3S. The van der Waals surface area contributed by atoms with Gasteiger partial charge in [-0.1, -0.05) is 44.9 Å². The molecule has 1 aromatic rings. The van der Waals surface area contributed by atoms with E-state index < -0.39 is 9.84 Å². The Kier molecular flexibility index (Phi) is 5.48. The first kappa shape index (κ1) is 18.3. The largest absolute Gasteiger partial charge is 0.491 e. The lowest BCUT2D eigenvalue weighted by atomic mass is 9.93. The monoisotopic (exact) mass is 320 g/mol. The first-order valence-corrected chi connectivity index (χ1v) is 8.62. The molecule has 0 radical (unpaired) electrons. The molecule has 0 amide bonds. The zero-order valence-corrected chi connectivity index (χ0v) is 14.9. The standard InChI is InChI=1S/C18H24O3S/c1-17(2,3)16(21-18(4,5)6)13-10-14-22(19,20)15-11-8-7-9-12-15/h7-9,11-13H,1-6H3/b16-13+. The third-order valence-electron chi connectivity index (χ3n) is 2.61. The van der Waals surface area contributed by atoms with Gasteiger partial charge in [-0.2, -0.15) is 0 Å². The maximum absolute atomic E-state index is 12.1. The molecule has 0 aliphatic heterocycles. The minimum absolute atomic E-state index is 0.199. The molecule has 1 aromatic carbocycles. The molecule has 0 heterocycles. The topological polar surface area (TPSA) is 43.4 Å². The summed E-state index contributed by atoms with van der Waals surface area (Å²) in [6.07, 6.45) is 1.55. The predicted molar refractivity (Wildman–Crippen MR) is 89.8 cm³/mol. The highest BCUT2D eigenvalue weighted by molar-refractivity contribution is 7.96. The normalized spacial score (nSPS) is 13.3. The van der Waals surface area contributed by atoms with Crippen LogP contribution in [0.15, 0.2) is 47.1 Å². The van der Waals surface area contributed by atoms with Gasteiger partial charge in [-0.25, -0.2) is 8.42 Å². The van der Waals surface area contributed by atoms with E-state index in [1.54, 1.807) is 24.3 Å². The maximum atomic E-state index is 12.1. The zero-order chi connectivity index (χ0) is 17.0. The molecular weight excluding hydrogens is 296 g/mol. The molecule has 1 rings (SSSR count). The average molecular weight is 320 g/mol. The quantitative estimate of drug-likeness (QED) is 0.467. The second-order valence-corrected chi connectivity index (χ2v) is 8.72. The van der Waals surface area contributed by atoms with Crippen molar-refractivity contribution in [2.24, 2.45) is 5.41 Å². The van der Waals surface area contributed by atoms with E-state index >= 15 is 0 Å². The highest BCUT2D eigenvalue weighted by Gasteiger charge is 2.23. The van der Waals surface area contributed by atoms with Gasteiger partial charge in [0, 0.05) is 16.7 Å². The van der Waals surface area contributed by atoms with Gasteiger partial charge in [0.05, 0.1) is 4.90 Å². The molecule has 0 atom stereocenters. The van der Waals surface area contributed by atoms with Gasteiger partial charge in [0.25, 0.3) is 0 Å². The highest BCUT2D eigenvalue weighted by atomic mass is 32.2. The summed E-state index contributed by atoms with van der Waals surface area (Å²) in [6.45, 7) is 11.8. The van der Waals surface area contributed by atoms with Gasteiger partial charge in [-0.05, 0) is 32.9 Å². The van der Waals surface area contributed by atoms with Crippen molar-refractivity contribution in [3.63, 3.8) is 0 Å². The first-order chi connectivity index (χ1) is 9.92. The van der Waals surface area contributed by atoms with Crippen LogP contribution in [0.4, 0.5) is 0 Å². The number of hydrogen-bond donors (Lipinski definition) is 0. The Morgan fingerprint density at radius 1 is 1.05 bits per heavy atom. The van der Waals surface area contributed by atoms with E-state index in [9.17, 15) is 8.42 Å². The summed E-state index contributed by atoms with van der Waals surface area (Å²) in [5.74, 6) is 3.29. The van der Waals surface area contributed by atoms with Gasteiger partial charge in [0.1, 0.15) is 11.4 Å². The number of benzene rings is 1. The van der Waals surface area contributed by atoms with Crippen molar-refractivity contribution in [2.75, 3.05) is 0 Å². The lowest BCUT2D eigenvalue weighted by molar-refractivity contribution is 0.0216. The van der Waals surface area contributed by atoms with Gasteiger partial charge < -0.3 is 4.74 Å². The number of hydrogen-bond acceptors (Lipinski definition) is 3. The van der Waals surface area contributed by atoms with Crippen molar-refractivity contribution in [1.82, 2.24) is 0 Å². The summed E-state index contributed by atoms with van der Waals surface area (Å²) in [5, 5.41) is 2.33. The van der Waals surface area contributed by atoms with Gasteiger partial charge in [-0.3, -0.25) is 0 Å². The van der Waals surface area contributed by atoms with Gasteiger partial charge >= 0.3 is 0 Å². The average Bonchev–Trinajstić information content (AvgIpc) is 2.36. The van der Waals surface area contributed by atoms with E-state index in [0.717, 1.165) is 0 Å². The molecule has 0 fully saturated rings. The first-order valence-electron chi connectivity index (χ1n) is 7.14. The fourth-order valence-corrected chi connectivity index (χ4v) is 2.41. The van der Waals surface area contributed by atoms with Crippen LogP contribution in [0.2, 0.25) is 0 Å². The van der Waals surface area contributed by atoms with Crippen molar-refractivity contribution >= 4 is 9.84 Å². The Hall–Kier alpha value is -1.73. The third kappa shape index (κ3) is 5.95. The summed E-state index contributed by atoms with van der Waals surface area (Å²) in [5.41, 5.74) is -0.614. The Morgan fingerprint density at radius 3 is 2.05 bits per heavy atom. The molecule has 0 aromatic heterocycles. The van der Waals surface area contributed by atoms with E-state index in [1.165, 1.54) is 12.1 Å². The van der Waals surface area contributed by atoms with Crippen LogP contribution in [0.25, 0.3) is 0 Å². The molecule has 3 nitrogen and oxygen atoms in total. The molecule has 22 heavy (non-hydrogen) atoms. The Bertz CT molecular complexity index is 689. The van der Waals surface area contributed by atoms with Gasteiger partial charge in [-0.15, -0.1) is 0 Å². The van der Waals surface area contributed by atoms with Crippen LogP contribution < -0.4 is 0 Å². The third-order valence-corrected chi connectivity index (χ3v) is 3.88. The van der Waals surface area contributed by atoms with Crippen LogP contribution in [0, 0.1) is 16.6 Å². The fourth-order valence-electron chi connectivity index (χ4n) is 1.56. The fraction of sp³-hybridized carbons (Fsp3) is 0.444. The minimum Gasteiger partial charge on any atom is -0.491 e. The molecule has 120 valence electrons. The molecule has 0 N–H and O–H groups in total. The highest BCUT2D eigenvalue weighted by Crippen LogP contribution is 2.29. The zero-order valence-electron chi connectivity index (χ0n) is 14.1. The minimum atomic E-state index is -3.61. The van der Waals surface area contributed by atoms with E-state index in [1.807, 2.05) is 41.5 Å². The van der Waals surface area contributed by atoms with Crippen LogP contribution in [-0.2, 0) is 14.6 Å². The smallest absolute Gasteiger partial charge is 0.245 e. The molecule has 0 aliphatic carbocycles. The number of sulfone groups is 1. The Labute approximate surface area is 134 Å². The van der Waals surface area contributed by atoms with Crippen LogP contribution in [-0.4, -0.2) is 14.0 Å². The summed E-state index contributed by atoms with van der Waals surface area (Å²) in [6, 6.07) is 8.18. The SMILES string of the molecule is CC(C)(C)O/C(=C/C#CS(=O)(=O)c1ccccc1)C(C)(C)C. The summed E-state index contributed by atoms with van der Waals surface area (Å²) in [4.78, 5) is 0.199. The summed E-state index contributed by atoms with van der Waals surface area (Å²) < 4.78 is 30.1.